The van der Waals surface area contributed by atoms with Crippen LogP contribution in [0.1, 0.15) is 16.7 Å². The van der Waals surface area contributed by atoms with Crippen molar-refractivity contribution in [1.29, 1.82) is 0 Å². The first-order chi connectivity index (χ1) is 21.3. The second-order valence-electron chi connectivity index (χ2n) is 9.97. The second-order valence-corrected chi connectivity index (χ2v) is 9.97. The highest BCUT2D eigenvalue weighted by Crippen LogP contribution is 2.32. The molecule has 1 amide bonds. The molecule has 3 N–H and O–H groups in total. The molecule has 14 heteroatoms. The molecular weight excluding hydrogens is 576 g/mol. The lowest BCUT2D eigenvalue weighted by molar-refractivity contribution is -0.120. The highest BCUT2D eigenvalue weighted by Gasteiger charge is 2.34. The van der Waals surface area contributed by atoms with E-state index in [1.165, 1.54) is 40.7 Å². The summed E-state index contributed by atoms with van der Waals surface area (Å²) in [7, 11) is 0. The number of ether oxygens (including phenoxy) is 2. The fraction of sp³-hybridized carbons (Fsp3) is 0.233. The molecule has 2 aromatic heterocycles. The van der Waals surface area contributed by atoms with Crippen molar-refractivity contribution >= 4 is 5.91 Å². The van der Waals surface area contributed by atoms with Gasteiger partial charge in [-0.05, 0) is 47.9 Å². The Morgan fingerprint density at radius 2 is 1.55 bits per heavy atom. The molecule has 0 bridgehead atoms. The number of aliphatic hydroxyl groups is 1. The minimum absolute atomic E-state index is 0.0357. The molecule has 0 saturated carbocycles. The molecule has 0 saturated heterocycles. The van der Waals surface area contributed by atoms with Gasteiger partial charge in [0.1, 0.15) is 48.3 Å². The van der Waals surface area contributed by atoms with Gasteiger partial charge < -0.3 is 25.0 Å². The summed E-state index contributed by atoms with van der Waals surface area (Å²) >= 11 is 0. The number of amides is 1. The summed E-state index contributed by atoms with van der Waals surface area (Å²) in [6, 6.07) is 15.5. The number of nitrogens with zero attached hydrogens (tertiary/aromatic N) is 6. The van der Waals surface area contributed by atoms with Gasteiger partial charge in [0.25, 0.3) is 0 Å². The Bertz CT molecular complexity index is 1630. The molecule has 0 radical (unpaired) electrons. The Morgan fingerprint density at radius 1 is 0.886 bits per heavy atom. The SMILES string of the molecule is O=C(Cc1ccc(O)cc1)NCCc1ccc2c(c1)OCO2.OC(Cn1cncn1)(Cn1cncn1)c1ccc(F)cc1F. The van der Waals surface area contributed by atoms with Crippen molar-refractivity contribution in [3.63, 3.8) is 0 Å². The van der Waals surface area contributed by atoms with Crippen molar-refractivity contribution in [2.24, 2.45) is 0 Å². The third-order valence-corrected chi connectivity index (χ3v) is 6.69. The van der Waals surface area contributed by atoms with Gasteiger partial charge in [-0.1, -0.05) is 24.3 Å². The number of nitrogens with one attached hydrogen (secondary N) is 1. The summed E-state index contributed by atoms with van der Waals surface area (Å²) < 4.78 is 40.5. The molecular formula is C30H29F2N7O5. The number of rotatable bonds is 10. The van der Waals surface area contributed by atoms with E-state index in [0.717, 1.165) is 41.2 Å². The Hall–Kier alpha value is -5.37. The van der Waals surface area contributed by atoms with Gasteiger partial charge in [0.15, 0.2) is 11.5 Å². The van der Waals surface area contributed by atoms with Crippen LogP contribution in [0.25, 0.3) is 0 Å². The van der Waals surface area contributed by atoms with Crippen LogP contribution in [0.5, 0.6) is 17.2 Å². The van der Waals surface area contributed by atoms with Crippen LogP contribution in [-0.4, -0.2) is 59.0 Å². The lowest BCUT2D eigenvalue weighted by Gasteiger charge is -2.28. The van der Waals surface area contributed by atoms with E-state index in [9.17, 15) is 23.8 Å². The van der Waals surface area contributed by atoms with Gasteiger partial charge in [-0.25, -0.2) is 28.1 Å². The monoisotopic (exact) mass is 605 g/mol. The van der Waals surface area contributed by atoms with E-state index in [1.54, 1.807) is 24.3 Å². The van der Waals surface area contributed by atoms with Crippen LogP contribution in [0.3, 0.4) is 0 Å². The Labute approximate surface area is 250 Å². The summed E-state index contributed by atoms with van der Waals surface area (Å²) in [4.78, 5) is 19.4. The van der Waals surface area contributed by atoms with E-state index < -0.39 is 17.2 Å². The third-order valence-electron chi connectivity index (χ3n) is 6.69. The van der Waals surface area contributed by atoms with Gasteiger partial charge in [0.05, 0.1) is 19.5 Å². The molecule has 1 aliphatic rings. The van der Waals surface area contributed by atoms with Crippen LogP contribution in [0.2, 0.25) is 0 Å². The number of phenolic OH excluding ortho intramolecular Hbond substituents is 1. The predicted molar refractivity (Wildman–Crippen MR) is 151 cm³/mol. The number of hydrogen-bond donors (Lipinski definition) is 3. The Kier molecular flexibility index (Phi) is 9.40. The van der Waals surface area contributed by atoms with Gasteiger partial charge in [-0.2, -0.15) is 10.2 Å². The van der Waals surface area contributed by atoms with Gasteiger partial charge in [-0.3, -0.25) is 4.79 Å². The van der Waals surface area contributed by atoms with Gasteiger partial charge in [-0.15, -0.1) is 0 Å². The maximum absolute atomic E-state index is 14.1. The number of aromatic nitrogens is 6. The highest BCUT2D eigenvalue weighted by molar-refractivity contribution is 5.78. The first kappa shape index (κ1) is 30.1. The van der Waals surface area contributed by atoms with Crippen LogP contribution in [-0.2, 0) is 36.3 Å². The number of hydrogen-bond acceptors (Lipinski definition) is 9. The molecule has 44 heavy (non-hydrogen) atoms. The summed E-state index contributed by atoms with van der Waals surface area (Å²) in [5.74, 6) is 0.124. The molecule has 0 unspecified atom stereocenters. The van der Waals surface area contributed by atoms with Crippen molar-refractivity contribution in [3.8, 4) is 17.2 Å². The lowest BCUT2D eigenvalue weighted by atomic mass is 9.93. The Morgan fingerprint density at radius 3 is 2.18 bits per heavy atom. The van der Waals surface area contributed by atoms with E-state index in [-0.39, 0.29) is 37.1 Å². The van der Waals surface area contributed by atoms with Crippen molar-refractivity contribution in [2.45, 2.75) is 31.5 Å². The standard InChI is InChI=1S/C17H17NO4.C13H12F2N6O/c19-14-4-1-12(2-5-14)10-17(20)18-8-7-13-3-6-15-16(9-13)22-11-21-15;14-10-1-2-11(12(15)3-10)13(22,4-20-8-16-6-18-20)5-21-9-17-7-19-21/h1-6,9,19H,7-8,10-11H2,(H,18,20);1-3,6-9,22H,4-5H2. The molecule has 0 spiro atoms. The zero-order valence-corrected chi connectivity index (χ0v) is 23.4. The van der Waals surface area contributed by atoms with Gasteiger partial charge >= 0.3 is 0 Å². The zero-order valence-electron chi connectivity index (χ0n) is 23.4. The van der Waals surface area contributed by atoms with Crippen LogP contribution < -0.4 is 14.8 Å². The summed E-state index contributed by atoms with van der Waals surface area (Å²) in [5.41, 5.74) is 0.214. The fourth-order valence-electron chi connectivity index (χ4n) is 4.56. The molecule has 3 aromatic carbocycles. The molecule has 5 aromatic rings. The van der Waals surface area contributed by atoms with Crippen molar-refractivity contribution in [3.05, 3.63) is 114 Å². The molecule has 0 atom stereocenters. The van der Waals surface area contributed by atoms with E-state index >= 15 is 0 Å². The summed E-state index contributed by atoms with van der Waals surface area (Å²) in [6.45, 7) is 0.684. The number of phenols is 1. The molecule has 0 aliphatic carbocycles. The van der Waals surface area contributed by atoms with E-state index in [1.807, 2.05) is 18.2 Å². The number of halogens is 2. The number of carbonyl (C=O) groups is 1. The topological polar surface area (TPSA) is 149 Å². The Balaban J connectivity index is 0.000000175. The van der Waals surface area contributed by atoms with Crippen molar-refractivity contribution in [2.75, 3.05) is 13.3 Å². The van der Waals surface area contributed by atoms with Crippen LogP contribution in [0.15, 0.2) is 86.0 Å². The van der Waals surface area contributed by atoms with Gasteiger partial charge in [0, 0.05) is 18.2 Å². The lowest BCUT2D eigenvalue weighted by Crippen LogP contribution is -2.37. The fourth-order valence-corrected chi connectivity index (χ4v) is 4.56. The minimum atomic E-state index is -1.70. The molecule has 12 nitrogen and oxygen atoms in total. The highest BCUT2D eigenvalue weighted by atomic mass is 19.1. The normalized spacial score (nSPS) is 12.0. The average molecular weight is 606 g/mol. The molecule has 1 aliphatic heterocycles. The maximum atomic E-state index is 14.1. The van der Waals surface area contributed by atoms with Crippen LogP contribution in [0.4, 0.5) is 8.78 Å². The maximum Gasteiger partial charge on any atom is 0.231 e. The zero-order chi connectivity index (χ0) is 30.9. The molecule has 0 fully saturated rings. The first-order valence-corrected chi connectivity index (χ1v) is 13.5. The van der Waals surface area contributed by atoms with Gasteiger partial charge in [0.2, 0.25) is 12.7 Å². The quantitative estimate of drug-likeness (QED) is 0.218. The van der Waals surface area contributed by atoms with E-state index in [0.29, 0.717) is 13.0 Å². The predicted octanol–water partition coefficient (Wildman–Crippen LogP) is 2.76. The number of aromatic hydroxyl groups is 1. The number of benzene rings is 3. The smallest absolute Gasteiger partial charge is 0.231 e. The van der Waals surface area contributed by atoms with Crippen LogP contribution >= 0.6 is 0 Å². The van der Waals surface area contributed by atoms with E-state index in [2.05, 4.69) is 25.5 Å². The number of fused-ring (bicyclic) bond motifs is 1. The molecule has 3 heterocycles. The van der Waals surface area contributed by atoms with E-state index in [4.69, 9.17) is 9.47 Å². The first-order valence-electron chi connectivity index (χ1n) is 13.5. The number of carbonyl (C=O) groups excluding carboxylic acids is 1. The third kappa shape index (κ3) is 7.92. The summed E-state index contributed by atoms with van der Waals surface area (Å²) in [6.07, 6.45) is 6.44. The van der Waals surface area contributed by atoms with Crippen LogP contribution in [0, 0.1) is 11.6 Å². The van der Waals surface area contributed by atoms with Crippen molar-refractivity contribution in [1.82, 2.24) is 34.8 Å². The second kappa shape index (κ2) is 13.7. The molecule has 6 rings (SSSR count). The molecule has 228 valence electrons. The average Bonchev–Trinajstić information content (AvgIpc) is 3.78. The summed E-state index contributed by atoms with van der Waals surface area (Å²) in [5, 5.41) is 30.9. The van der Waals surface area contributed by atoms with Crippen molar-refractivity contribution < 1.29 is 33.3 Å². The minimum Gasteiger partial charge on any atom is -0.508 e. The largest absolute Gasteiger partial charge is 0.508 e.